The van der Waals surface area contributed by atoms with Crippen molar-refractivity contribution in [3.8, 4) is 0 Å². The number of pyridine rings is 1. The number of hydrogen-bond donors (Lipinski definition) is 2. The Balaban J connectivity index is 2.39. The number of carboxylic acids is 1. The van der Waals surface area contributed by atoms with Crippen LogP contribution >= 0.6 is 15.9 Å². The first-order valence-corrected chi connectivity index (χ1v) is 6.05. The fraction of sp³-hybridized carbons (Fsp3) is 0.400. The van der Waals surface area contributed by atoms with Crippen molar-refractivity contribution in [3.63, 3.8) is 0 Å². The van der Waals surface area contributed by atoms with Crippen molar-refractivity contribution >= 4 is 33.3 Å². The summed E-state index contributed by atoms with van der Waals surface area (Å²) in [7, 11) is 0. The van der Waals surface area contributed by atoms with Crippen LogP contribution in [0, 0.1) is 10.1 Å². The van der Waals surface area contributed by atoms with Crippen LogP contribution in [0.25, 0.3) is 0 Å². The molecule has 0 bridgehead atoms. The van der Waals surface area contributed by atoms with E-state index in [9.17, 15) is 20.0 Å². The maximum Gasteiger partial charge on any atom is 0.329 e. The van der Waals surface area contributed by atoms with Gasteiger partial charge in [-0.05, 0) is 35.2 Å². The van der Waals surface area contributed by atoms with Gasteiger partial charge < -0.3 is 10.4 Å². The molecule has 0 atom stereocenters. The average Bonchev–Trinajstić information content (AvgIpc) is 2.24. The van der Waals surface area contributed by atoms with E-state index in [2.05, 4.69) is 26.2 Å². The third-order valence-electron chi connectivity index (χ3n) is 3.06. The minimum Gasteiger partial charge on any atom is -0.480 e. The summed E-state index contributed by atoms with van der Waals surface area (Å²) in [6.45, 7) is 0. The van der Waals surface area contributed by atoms with Gasteiger partial charge in [0.15, 0.2) is 0 Å². The Morgan fingerprint density at radius 2 is 2.22 bits per heavy atom. The Bertz CT molecular complexity index is 516. The molecule has 8 heteroatoms. The van der Waals surface area contributed by atoms with Gasteiger partial charge in [0, 0.05) is 6.20 Å². The third-order valence-corrected chi connectivity index (χ3v) is 3.66. The molecule has 0 radical (unpaired) electrons. The number of aromatic nitrogens is 1. The predicted octanol–water partition coefficient (Wildman–Crippen LogP) is 2.17. The molecule has 7 nitrogen and oxygen atoms in total. The summed E-state index contributed by atoms with van der Waals surface area (Å²) in [6, 6.07) is 0. The lowest BCUT2D eigenvalue weighted by molar-refractivity contribution is -0.384. The molecule has 1 aliphatic rings. The molecule has 96 valence electrons. The van der Waals surface area contributed by atoms with Gasteiger partial charge in [-0.25, -0.2) is 4.79 Å². The van der Waals surface area contributed by atoms with Crippen LogP contribution in [0.15, 0.2) is 16.9 Å². The van der Waals surface area contributed by atoms with Crippen LogP contribution in [0.2, 0.25) is 0 Å². The van der Waals surface area contributed by atoms with Gasteiger partial charge in [0.1, 0.15) is 17.4 Å². The summed E-state index contributed by atoms with van der Waals surface area (Å²) < 4.78 is 0.379. The van der Waals surface area contributed by atoms with E-state index in [0.29, 0.717) is 17.3 Å². The zero-order valence-electron chi connectivity index (χ0n) is 9.22. The van der Waals surface area contributed by atoms with Gasteiger partial charge in [0.2, 0.25) is 0 Å². The molecular formula is C10H10BrN3O4. The van der Waals surface area contributed by atoms with E-state index in [1.807, 2.05) is 0 Å². The van der Waals surface area contributed by atoms with Crippen LogP contribution < -0.4 is 5.32 Å². The summed E-state index contributed by atoms with van der Waals surface area (Å²) >= 11 is 3.15. The molecule has 0 spiro atoms. The minimum atomic E-state index is -1.10. The maximum absolute atomic E-state index is 11.2. The summed E-state index contributed by atoms with van der Waals surface area (Å²) in [5.74, 6) is -0.994. The third kappa shape index (κ3) is 2.03. The molecule has 2 rings (SSSR count). The molecule has 0 amide bonds. The molecule has 0 aromatic carbocycles. The number of carbonyl (C=O) groups is 1. The normalized spacial score (nSPS) is 16.7. The van der Waals surface area contributed by atoms with E-state index < -0.39 is 16.4 Å². The van der Waals surface area contributed by atoms with E-state index in [0.717, 1.165) is 12.6 Å². The van der Waals surface area contributed by atoms with Crippen molar-refractivity contribution in [3.05, 3.63) is 27.0 Å². The van der Waals surface area contributed by atoms with Gasteiger partial charge in [-0.2, -0.15) is 0 Å². The lowest BCUT2D eigenvalue weighted by Gasteiger charge is -2.39. The van der Waals surface area contributed by atoms with Crippen molar-refractivity contribution < 1.29 is 14.8 Å². The van der Waals surface area contributed by atoms with Crippen LogP contribution in [0.5, 0.6) is 0 Å². The van der Waals surface area contributed by atoms with Gasteiger partial charge in [0.05, 0.1) is 9.40 Å². The lowest BCUT2D eigenvalue weighted by Crippen LogP contribution is -2.52. The predicted molar refractivity (Wildman–Crippen MR) is 66.4 cm³/mol. The van der Waals surface area contributed by atoms with Crippen molar-refractivity contribution in [1.82, 2.24) is 4.98 Å². The van der Waals surface area contributed by atoms with E-state index >= 15 is 0 Å². The van der Waals surface area contributed by atoms with Gasteiger partial charge in [0.25, 0.3) is 0 Å². The molecule has 0 unspecified atom stereocenters. The second-order valence-corrected chi connectivity index (χ2v) is 4.99. The minimum absolute atomic E-state index is 0.164. The second-order valence-electron chi connectivity index (χ2n) is 4.14. The molecule has 18 heavy (non-hydrogen) atoms. The summed E-state index contributed by atoms with van der Waals surface area (Å²) in [4.78, 5) is 25.3. The van der Waals surface area contributed by atoms with E-state index in [1.165, 1.54) is 6.20 Å². The Kier molecular flexibility index (Phi) is 3.20. The first-order valence-electron chi connectivity index (χ1n) is 5.26. The van der Waals surface area contributed by atoms with Crippen molar-refractivity contribution in [2.24, 2.45) is 0 Å². The van der Waals surface area contributed by atoms with Crippen molar-refractivity contribution in [2.45, 2.75) is 24.8 Å². The van der Waals surface area contributed by atoms with Gasteiger partial charge in [-0.1, -0.05) is 0 Å². The Morgan fingerprint density at radius 1 is 1.56 bits per heavy atom. The highest BCUT2D eigenvalue weighted by atomic mass is 79.9. The number of nitrogens with zero attached hydrogens (tertiary/aromatic N) is 2. The van der Waals surface area contributed by atoms with Crippen LogP contribution in [0.3, 0.4) is 0 Å². The molecule has 1 fully saturated rings. The summed E-state index contributed by atoms with van der Waals surface area (Å²) in [5.41, 5.74) is -1.18. The zero-order chi connectivity index (χ0) is 13.3. The molecule has 0 saturated heterocycles. The SMILES string of the molecule is O=C(O)C1(Nc2c(Br)cncc2[N+](=O)[O-])CCC1. The quantitative estimate of drug-likeness (QED) is 0.651. The highest BCUT2D eigenvalue weighted by Gasteiger charge is 2.45. The monoisotopic (exact) mass is 315 g/mol. The molecule has 2 N–H and O–H groups in total. The first-order chi connectivity index (χ1) is 8.46. The highest BCUT2D eigenvalue weighted by molar-refractivity contribution is 9.10. The molecule has 1 aliphatic carbocycles. The van der Waals surface area contributed by atoms with Crippen molar-refractivity contribution in [2.75, 3.05) is 5.32 Å². The van der Waals surface area contributed by atoms with Crippen molar-refractivity contribution in [1.29, 1.82) is 0 Å². The summed E-state index contributed by atoms with van der Waals surface area (Å²) in [5, 5.41) is 22.9. The number of aliphatic carboxylic acids is 1. The number of halogens is 1. The van der Waals surface area contributed by atoms with E-state index in [4.69, 9.17) is 0 Å². The summed E-state index contributed by atoms with van der Waals surface area (Å²) in [6.07, 6.45) is 4.18. The zero-order valence-corrected chi connectivity index (χ0v) is 10.8. The van der Waals surface area contributed by atoms with Crippen LogP contribution in [-0.2, 0) is 4.79 Å². The number of anilines is 1. The second kappa shape index (κ2) is 4.52. The van der Waals surface area contributed by atoms with Crippen LogP contribution in [0.4, 0.5) is 11.4 Å². The number of carboxylic acid groups (broad SMARTS) is 1. The Morgan fingerprint density at radius 3 is 2.67 bits per heavy atom. The van der Waals surface area contributed by atoms with E-state index in [1.54, 1.807) is 0 Å². The topological polar surface area (TPSA) is 105 Å². The molecule has 1 aromatic rings. The smallest absolute Gasteiger partial charge is 0.329 e. The number of rotatable bonds is 4. The van der Waals surface area contributed by atoms with Crippen LogP contribution in [-0.4, -0.2) is 26.5 Å². The van der Waals surface area contributed by atoms with Gasteiger partial charge >= 0.3 is 11.7 Å². The van der Waals surface area contributed by atoms with Gasteiger partial charge in [-0.3, -0.25) is 15.1 Å². The molecule has 1 aromatic heterocycles. The standard InChI is InChI=1S/C10H10BrN3O4/c11-6-4-12-5-7(14(17)18)8(6)13-10(9(15)16)2-1-3-10/h4-5H,1-3H2,(H,12,13)(H,15,16). The lowest BCUT2D eigenvalue weighted by atomic mass is 9.76. The van der Waals surface area contributed by atoms with Gasteiger partial charge in [-0.15, -0.1) is 0 Å². The fourth-order valence-corrected chi connectivity index (χ4v) is 2.27. The molecule has 0 aliphatic heterocycles. The fourth-order valence-electron chi connectivity index (χ4n) is 1.85. The number of hydrogen-bond acceptors (Lipinski definition) is 5. The molecule has 1 saturated carbocycles. The maximum atomic E-state index is 11.2. The highest BCUT2D eigenvalue weighted by Crippen LogP contribution is 2.40. The van der Waals surface area contributed by atoms with E-state index in [-0.39, 0.29) is 11.4 Å². The Hall–Kier alpha value is -1.70. The average molecular weight is 316 g/mol. The number of nitro groups is 1. The largest absolute Gasteiger partial charge is 0.480 e. The Labute approximate surface area is 110 Å². The first kappa shape index (κ1) is 12.7. The molecule has 1 heterocycles. The molecular weight excluding hydrogens is 306 g/mol. The number of nitrogens with one attached hydrogen (secondary N) is 1. The van der Waals surface area contributed by atoms with Crippen LogP contribution in [0.1, 0.15) is 19.3 Å².